The normalized spacial score (nSPS) is 21.1. The Morgan fingerprint density at radius 3 is 2.76 bits per heavy atom. The van der Waals surface area contributed by atoms with Crippen molar-refractivity contribution in [2.45, 2.75) is 38.8 Å². The lowest BCUT2D eigenvalue weighted by Crippen LogP contribution is -2.39. The minimum atomic E-state index is -3.09. The highest BCUT2D eigenvalue weighted by Gasteiger charge is 2.26. The molecule has 4 N–H and O–H groups in total. The van der Waals surface area contributed by atoms with Crippen molar-refractivity contribution in [1.82, 2.24) is 9.55 Å². The molecule has 0 aliphatic carbocycles. The number of H-pyrrole nitrogens is 1. The first-order valence-corrected chi connectivity index (χ1v) is 8.75. The number of sulfone groups is 1. The summed E-state index contributed by atoms with van der Waals surface area (Å²) in [6.07, 6.45) is 1.88. The van der Waals surface area contributed by atoms with E-state index in [4.69, 9.17) is 5.73 Å². The summed E-state index contributed by atoms with van der Waals surface area (Å²) >= 11 is 0. The van der Waals surface area contributed by atoms with Crippen LogP contribution in [0.1, 0.15) is 26.2 Å². The minimum Gasteiger partial charge on any atom is -0.383 e. The van der Waals surface area contributed by atoms with E-state index in [1.807, 2.05) is 6.92 Å². The van der Waals surface area contributed by atoms with Gasteiger partial charge in [-0.2, -0.15) is 0 Å². The van der Waals surface area contributed by atoms with Gasteiger partial charge in [-0.25, -0.2) is 13.2 Å². The average Bonchev–Trinajstić information content (AvgIpc) is 2.38. The predicted octanol–water partition coefficient (Wildman–Crippen LogP) is -0.482. The van der Waals surface area contributed by atoms with Crippen LogP contribution >= 0.6 is 0 Å². The van der Waals surface area contributed by atoms with Crippen LogP contribution in [0, 0.1) is 0 Å². The van der Waals surface area contributed by atoms with Crippen LogP contribution in [0.2, 0.25) is 0 Å². The molecule has 1 aromatic rings. The molecule has 0 saturated carbocycles. The van der Waals surface area contributed by atoms with Gasteiger partial charge in [0, 0.05) is 12.6 Å². The molecule has 118 valence electrons. The number of aromatic nitrogens is 2. The predicted molar refractivity (Wildman–Crippen MR) is 81.3 cm³/mol. The minimum absolute atomic E-state index is 0.0290. The van der Waals surface area contributed by atoms with Crippen LogP contribution in [0.3, 0.4) is 0 Å². The molecule has 21 heavy (non-hydrogen) atoms. The Morgan fingerprint density at radius 1 is 1.43 bits per heavy atom. The van der Waals surface area contributed by atoms with Crippen molar-refractivity contribution >= 4 is 21.3 Å². The summed E-state index contributed by atoms with van der Waals surface area (Å²) in [5.74, 6) is 0.194. The summed E-state index contributed by atoms with van der Waals surface area (Å²) in [7, 11) is -3.09. The third-order valence-electron chi connectivity index (χ3n) is 3.50. The third-order valence-corrected chi connectivity index (χ3v) is 5.32. The maximum Gasteiger partial charge on any atom is 0.330 e. The van der Waals surface area contributed by atoms with E-state index in [1.165, 1.54) is 4.57 Å². The van der Waals surface area contributed by atoms with E-state index in [9.17, 15) is 18.0 Å². The Bertz CT molecular complexity index is 735. The van der Waals surface area contributed by atoms with Crippen LogP contribution in [0.15, 0.2) is 9.59 Å². The van der Waals surface area contributed by atoms with Gasteiger partial charge in [0.15, 0.2) is 9.84 Å². The molecule has 1 unspecified atom stereocenters. The highest BCUT2D eigenvalue weighted by atomic mass is 32.2. The molecule has 0 spiro atoms. The molecule has 0 aromatic carbocycles. The van der Waals surface area contributed by atoms with Crippen molar-refractivity contribution in [3.05, 3.63) is 20.8 Å². The number of aromatic amines is 1. The van der Waals surface area contributed by atoms with E-state index in [2.05, 4.69) is 10.3 Å². The second kappa shape index (κ2) is 5.92. The summed E-state index contributed by atoms with van der Waals surface area (Å²) < 4.78 is 24.5. The van der Waals surface area contributed by atoms with Crippen molar-refractivity contribution in [2.75, 3.05) is 22.6 Å². The maximum atomic E-state index is 11.9. The van der Waals surface area contributed by atoms with Gasteiger partial charge < -0.3 is 11.1 Å². The quantitative estimate of drug-likeness (QED) is 0.688. The lowest BCUT2D eigenvalue weighted by molar-refractivity contribution is 0.561. The van der Waals surface area contributed by atoms with E-state index in [0.29, 0.717) is 25.8 Å². The zero-order valence-corrected chi connectivity index (χ0v) is 12.7. The zero-order valence-electron chi connectivity index (χ0n) is 11.9. The molecule has 8 nitrogen and oxygen atoms in total. The lowest BCUT2D eigenvalue weighted by Gasteiger charge is -2.24. The number of rotatable bonds is 4. The molecule has 0 radical (unpaired) electrons. The lowest BCUT2D eigenvalue weighted by atomic mass is 10.2. The number of nitrogens with zero attached hydrogens (tertiary/aromatic N) is 1. The van der Waals surface area contributed by atoms with Gasteiger partial charge in [-0.15, -0.1) is 0 Å². The first-order valence-electron chi connectivity index (χ1n) is 6.93. The second-order valence-corrected chi connectivity index (χ2v) is 7.50. The summed E-state index contributed by atoms with van der Waals surface area (Å²) in [6, 6.07) is -0.361. The van der Waals surface area contributed by atoms with Gasteiger partial charge in [0.1, 0.15) is 11.5 Å². The van der Waals surface area contributed by atoms with Crippen LogP contribution in [0.4, 0.5) is 11.5 Å². The summed E-state index contributed by atoms with van der Waals surface area (Å²) in [5.41, 5.74) is 4.79. The van der Waals surface area contributed by atoms with Gasteiger partial charge in [0.05, 0.1) is 11.5 Å². The molecular formula is C12H20N4O4S. The van der Waals surface area contributed by atoms with Crippen molar-refractivity contribution < 1.29 is 8.42 Å². The number of nitrogen functional groups attached to an aromatic ring is 1. The molecule has 1 aliphatic rings. The van der Waals surface area contributed by atoms with Crippen LogP contribution in [-0.2, 0) is 16.4 Å². The average molecular weight is 316 g/mol. The first kappa shape index (κ1) is 15.6. The molecule has 1 fully saturated rings. The van der Waals surface area contributed by atoms with E-state index in [0.717, 1.165) is 0 Å². The number of hydrogen-bond acceptors (Lipinski definition) is 6. The Labute approximate surface area is 122 Å². The van der Waals surface area contributed by atoms with Crippen LogP contribution in [-0.4, -0.2) is 35.5 Å². The summed E-state index contributed by atoms with van der Waals surface area (Å²) in [4.78, 5) is 25.8. The van der Waals surface area contributed by atoms with Gasteiger partial charge >= 0.3 is 5.69 Å². The van der Waals surface area contributed by atoms with Crippen LogP contribution in [0.5, 0.6) is 0 Å². The van der Waals surface area contributed by atoms with Gasteiger partial charge in [0.2, 0.25) is 0 Å². The van der Waals surface area contributed by atoms with E-state index in [-0.39, 0.29) is 29.1 Å². The highest BCUT2D eigenvalue weighted by molar-refractivity contribution is 7.91. The van der Waals surface area contributed by atoms with E-state index < -0.39 is 21.1 Å². The fourth-order valence-electron chi connectivity index (χ4n) is 2.51. The Morgan fingerprint density at radius 2 is 2.14 bits per heavy atom. The van der Waals surface area contributed by atoms with Gasteiger partial charge in [-0.3, -0.25) is 14.3 Å². The Kier molecular flexibility index (Phi) is 4.40. The standard InChI is InChI=1S/C12H20N4O4S/c1-2-5-16-10(13)9(11(17)15-12(16)18)14-8-4-3-6-21(19,20)7-8/h8,14H,2-7,13H2,1H3,(H,15,17,18). The number of hydrogen-bond donors (Lipinski definition) is 3. The van der Waals surface area contributed by atoms with E-state index in [1.54, 1.807) is 0 Å². The number of anilines is 2. The van der Waals surface area contributed by atoms with Crippen molar-refractivity contribution in [1.29, 1.82) is 0 Å². The second-order valence-electron chi connectivity index (χ2n) is 5.27. The zero-order chi connectivity index (χ0) is 15.6. The molecule has 1 aliphatic heterocycles. The van der Waals surface area contributed by atoms with Crippen LogP contribution in [0.25, 0.3) is 0 Å². The largest absolute Gasteiger partial charge is 0.383 e. The number of nitrogens with two attached hydrogens (primary N) is 1. The third kappa shape index (κ3) is 3.46. The van der Waals surface area contributed by atoms with Gasteiger partial charge in [-0.1, -0.05) is 6.92 Å². The molecule has 0 amide bonds. The molecule has 2 rings (SSSR count). The monoisotopic (exact) mass is 316 g/mol. The molecular weight excluding hydrogens is 296 g/mol. The summed E-state index contributed by atoms with van der Waals surface area (Å²) in [6.45, 7) is 2.27. The SMILES string of the molecule is CCCn1c(N)c(NC2CCCS(=O)(=O)C2)c(=O)[nH]c1=O. The van der Waals surface area contributed by atoms with Gasteiger partial charge in [-0.05, 0) is 19.3 Å². The van der Waals surface area contributed by atoms with Crippen molar-refractivity contribution in [3.63, 3.8) is 0 Å². The molecule has 2 heterocycles. The maximum absolute atomic E-state index is 11.9. The fourth-order valence-corrected chi connectivity index (χ4v) is 4.15. The molecule has 0 bridgehead atoms. The highest BCUT2D eigenvalue weighted by Crippen LogP contribution is 2.18. The number of nitrogens with one attached hydrogen (secondary N) is 2. The Balaban J connectivity index is 2.34. The van der Waals surface area contributed by atoms with Gasteiger partial charge in [0.25, 0.3) is 5.56 Å². The van der Waals surface area contributed by atoms with Crippen molar-refractivity contribution in [3.8, 4) is 0 Å². The first-order chi connectivity index (χ1) is 9.84. The van der Waals surface area contributed by atoms with Crippen molar-refractivity contribution in [2.24, 2.45) is 0 Å². The Hall–Kier alpha value is -1.77. The molecule has 9 heteroatoms. The summed E-state index contributed by atoms with van der Waals surface area (Å²) in [5, 5.41) is 2.89. The molecule has 1 aromatic heterocycles. The molecule has 1 saturated heterocycles. The fraction of sp³-hybridized carbons (Fsp3) is 0.667. The topological polar surface area (TPSA) is 127 Å². The smallest absolute Gasteiger partial charge is 0.330 e. The van der Waals surface area contributed by atoms with E-state index >= 15 is 0 Å². The molecule has 1 atom stereocenters. The van der Waals surface area contributed by atoms with Crippen LogP contribution < -0.4 is 22.3 Å².